The van der Waals surface area contributed by atoms with Crippen LogP contribution in [0.2, 0.25) is 0 Å². The van der Waals surface area contributed by atoms with Crippen molar-refractivity contribution in [3.63, 3.8) is 0 Å². The molecule has 0 saturated carbocycles. The zero-order valence-electron chi connectivity index (χ0n) is 17.5. The number of carbonyl (C=O) groups excluding carboxylic acids is 2. The summed E-state index contributed by atoms with van der Waals surface area (Å²) in [6.07, 6.45) is 4.63. The van der Waals surface area contributed by atoms with Gasteiger partial charge < -0.3 is 19.5 Å². The van der Waals surface area contributed by atoms with Gasteiger partial charge in [-0.2, -0.15) is 0 Å². The number of amides is 2. The van der Waals surface area contributed by atoms with E-state index in [0.29, 0.717) is 18.8 Å². The van der Waals surface area contributed by atoms with Crippen molar-refractivity contribution in [2.24, 2.45) is 0 Å². The molecule has 3 aromatic rings. The van der Waals surface area contributed by atoms with Crippen LogP contribution in [0, 0.1) is 6.92 Å². The number of aryl methyl sites for hydroxylation is 1. The van der Waals surface area contributed by atoms with Gasteiger partial charge in [0.25, 0.3) is 5.91 Å². The van der Waals surface area contributed by atoms with Crippen LogP contribution in [0.5, 0.6) is 0 Å². The lowest BCUT2D eigenvalue weighted by Gasteiger charge is -2.36. The minimum absolute atomic E-state index is 0.0958. The van der Waals surface area contributed by atoms with Crippen LogP contribution in [-0.2, 0) is 4.79 Å². The van der Waals surface area contributed by atoms with Gasteiger partial charge in [-0.25, -0.2) is 0 Å². The van der Waals surface area contributed by atoms with Crippen molar-refractivity contribution in [1.82, 2.24) is 4.90 Å². The molecule has 1 saturated heterocycles. The Kier molecular flexibility index (Phi) is 6.17. The lowest BCUT2D eigenvalue weighted by atomic mass is 10.1. The maximum Gasteiger partial charge on any atom is 0.254 e. The maximum atomic E-state index is 12.8. The SMILES string of the molecule is Cc1ccccc1C(=O)N1CCN(c2ccc(NC(=O)/C=C/c3ccco3)cc2)CC1. The van der Waals surface area contributed by atoms with Crippen LogP contribution in [0.15, 0.2) is 77.4 Å². The number of piperazine rings is 1. The van der Waals surface area contributed by atoms with E-state index in [9.17, 15) is 9.59 Å². The van der Waals surface area contributed by atoms with Crippen molar-refractivity contribution in [3.8, 4) is 0 Å². The summed E-state index contributed by atoms with van der Waals surface area (Å²) in [5.41, 5.74) is 3.59. The first kappa shape index (κ1) is 20.5. The molecule has 1 aliphatic rings. The topological polar surface area (TPSA) is 65.8 Å². The fraction of sp³-hybridized carbons (Fsp3) is 0.200. The van der Waals surface area contributed by atoms with E-state index in [4.69, 9.17) is 4.42 Å². The van der Waals surface area contributed by atoms with Gasteiger partial charge in [-0.15, -0.1) is 0 Å². The number of nitrogens with one attached hydrogen (secondary N) is 1. The van der Waals surface area contributed by atoms with E-state index in [0.717, 1.165) is 35.6 Å². The third kappa shape index (κ3) is 5.04. The van der Waals surface area contributed by atoms with Crippen LogP contribution in [0.4, 0.5) is 11.4 Å². The second-order valence-electron chi connectivity index (χ2n) is 7.48. The van der Waals surface area contributed by atoms with Crippen molar-refractivity contribution < 1.29 is 14.0 Å². The van der Waals surface area contributed by atoms with Gasteiger partial charge in [0.15, 0.2) is 0 Å². The summed E-state index contributed by atoms with van der Waals surface area (Å²) < 4.78 is 5.17. The van der Waals surface area contributed by atoms with Crippen LogP contribution >= 0.6 is 0 Å². The van der Waals surface area contributed by atoms with Gasteiger partial charge >= 0.3 is 0 Å². The third-order valence-corrected chi connectivity index (χ3v) is 5.38. The van der Waals surface area contributed by atoms with Crippen LogP contribution in [-0.4, -0.2) is 42.9 Å². The highest BCUT2D eigenvalue weighted by molar-refractivity contribution is 6.01. The zero-order chi connectivity index (χ0) is 21.6. The molecule has 6 heteroatoms. The van der Waals surface area contributed by atoms with Gasteiger partial charge in [-0.3, -0.25) is 9.59 Å². The molecule has 4 rings (SSSR count). The van der Waals surface area contributed by atoms with E-state index in [2.05, 4.69) is 10.2 Å². The molecule has 0 unspecified atom stereocenters. The van der Waals surface area contributed by atoms with Crippen molar-refractivity contribution in [1.29, 1.82) is 0 Å². The number of carbonyl (C=O) groups is 2. The lowest BCUT2D eigenvalue weighted by Crippen LogP contribution is -2.48. The summed E-state index contributed by atoms with van der Waals surface area (Å²) in [4.78, 5) is 29.0. The highest BCUT2D eigenvalue weighted by atomic mass is 16.3. The maximum absolute atomic E-state index is 12.8. The third-order valence-electron chi connectivity index (χ3n) is 5.38. The average Bonchev–Trinajstić information content (AvgIpc) is 3.32. The fourth-order valence-corrected chi connectivity index (χ4v) is 3.63. The molecule has 0 bridgehead atoms. The molecule has 31 heavy (non-hydrogen) atoms. The van der Waals surface area contributed by atoms with E-state index in [1.54, 1.807) is 24.5 Å². The molecule has 1 aromatic heterocycles. The van der Waals surface area contributed by atoms with E-state index >= 15 is 0 Å². The summed E-state index contributed by atoms with van der Waals surface area (Å²) in [5.74, 6) is 0.511. The van der Waals surface area contributed by atoms with Gasteiger partial charge in [0.2, 0.25) is 5.91 Å². The van der Waals surface area contributed by atoms with E-state index < -0.39 is 0 Å². The molecule has 2 heterocycles. The molecule has 0 spiro atoms. The standard InChI is InChI=1S/C25H25N3O3/c1-19-5-2-3-7-23(19)25(30)28-16-14-27(15-17-28)21-10-8-20(9-11-21)26-24(29)13-12-22-6-4-18-31-22/h2-13,18H,14-17H2,1H3,(H,26,29)/b13-12+. The summed E-state index contributed by atoms with van der Waals surface area (Å²) in [6.45, 7) is 4.88. The Hall–Kier alpha value is -3.80. The first-order chi connectivity index (χ1) is 15.1. The molecule has 1 fully saturated rings. The molecule has 2 amide bonds. The fourth-order valence-electron chi connectivity index (χ4n) is 3.63. The van der Waals surface area contributed by atoms with E-state index in [-0.39, 0.29) is 11.8 Å². The predicted octanol–water partition coefficient (Wildman–Crippen LogP) is 4.20. The van der Waals surface area contributed by atoms with Crippen LogP contribution in [0.25, 0.3) is 6.08 Å². The van der Waals surface area contributed by atoms with E-state index in [1.807, 2.05) is 60.4 Å². The van der Waals surface area contributed by atoms with Crippen molar-refractivity contribution in [2.45, 2.75) is 6.92 Å². The Labute approximate surface area is 181 Å². The van der Waals surface area contributed by atoms with Crippen LogP contribution < -0.4 is 10.2 Å². The molecule has 158 valence electrons. The van der Waals surface area contributed by atoms with Crippen LogP contribution in [0.3, 0.4) is 0 Å². The lowest BCUT2D eigenvalue weighted by molar-refractivity contribution is -0.111. The first-order valence-corrected chi connectivity index (χ1v) is 10.3. The molecule has 2 aromatic carbocycles. The Morgan fingerprint density at radius 2 is 1.68 bits per heavy atom. The normalized spacial score (nSPS) is 14.1. The Morgan fingerprint density at radius 3 is 2.35 bits per heavy atom. The molecule has 0 aliphatic carbocycles. The first-order valence-electron chi connectivity index (χ1n) is 10.3. The minimum Gasteiger partial charge on any atom is -0.465 e. The Balaban J connectivity index is 1.30. The molecule has 0 atom stereocenters. The van der Waals surface area contributed by atoms with Crippen molar-refractivity contribution >= 4 is 29.3 Å². The summed E-state index contributed by atoms with van der Waals surface area (Å²) in [6, 6.07) is 19.0. The summed E-state index contributed by atoms with van der Waals surface area (Å²) in [5, 5.41) is 2.84. The highest BCUT2D eigenvalue weighted by Crippen LogP contribution is 2.21. The molecular weight excluding hydrogens is 390 g/mol. The van der Waals surface area contributed by atoms with Gasteiger partial charge in [-0.05, 0) is 61.0 Å². The molecule has 1 N–H and O–H groups in total. The molecule has 6 nitrogen and oxygen atoms in total. The number of rotatable bonds is 5. The second kappa shape index (κ2) is 9.34. The number of furan rings is 1. The van der Waals surface area contributed by atoms with Crippen LogP contribution in [0.1, 0.15) is 21.7 Å². The second-order valence-corrected chi connectivity index (χ2v) is 7.48. The highest BCUT2D eigenvalue weighted by Gasteiger charge is 2.23. The van der Waals surface area contributed by atoms with Gasteiger partial charge in [0.05, 0.1) is 6.26 Å². The predicted molar refractivity (Wildman–Crippen MR) is 122 cm³/mol. The molecule has 1 aliphatic heterocycles. The summed E-state index contributed by atoms with van der Waals surface area (Å²) >= 11 is 0. The van der Waals surface area contributed by atoms with E-state index in [1.165, 1.54) is 6.08 Å². The van der Waals surface area contributed by atoms with Gasteiger partial charge in [0.1, 0.15) is 5.76 Å². The Morgan fingerprint density at radius 1 is 0.935 bits per heavy atom. The smallest absolute Gasteiger partial charge is 0.254 e. The average molecular weight is 415 g/mol. The monoisotopic (exact) mass is 415 g/mol. The number of benzene rings is 2. The largest absolute Gasteiger partial charge is 0.465 e. The molecular formula is C25H25N3O3. The number of nitrogens with zero attached hydrogens (tertiary/aromatic N) is 2. The number of hydrogen-bond donors (Lipinski definition) is 1. The minimum atomic E-state index is -0.215. The van der Waals surface area contributed by atoms with Crippen molar-refractivity contribution in [3.05, 3.63) is 89.9 Å². The van der Waals surface area contributed by atoms with Crippen molar-refractivity contribution in [2.75, 3.05) is 36.4 Å². The summed E-state index contributed by atoms with van der Waals surface area (Å²) in [7, 11) is 0. The quantitative estimate of drug-likeness (QED) is 0.634. The molecule has 0 radical (unpaired) electrons. The number of anilines is 2. The van der Waals surface area contributed by atoms with Gasteiger partial charge in [0, 0.05) is 49.2 Å². The Bertz CT molecular complexity index is 1060. The number of hydrogen-bond acceptors (Lipinski definition) is 4. The van der Waals surface area contributed by atoms with Gasteiger partial charge in [-0.1, -0.05) is 18.2 Å². The zero-order valence-corrected chi connectivity index (χ0v) is 17.5.